The van der Waals surface area contributed by atoms with Crippen molar-refractivity contribution in [1.82, 2.24) is 10.2 Å². The topological polar surface area (TPSA) is 41.6 Å². The molecule has 0 aliphatic carbocycles. The highest BCUT2D eigenvalue weighted by Gasteiger charge is 2.26. The van der Waals surface area contributed by atoms with E-state index in [0.717, 1.165) is 65.1 Å². The fourth-order valence-electron chi connectivity index (χ4n) is 2.45. The molecular weight excluding hydrogens is 204 g/mol. The number of hydrogen-bond acceptors (Lipinski definition) is 3. The van der Waals surface area contributed by atoms with Crippen molar-refractivity contribution in [3.63, 3.8) is 0 Å². The van der Waals surface area contributed by atoms with Crippen LogP contribution < -0.4 is 5.32 Å². The molecule has 0 bridgehead atoms. The van der Waals surface area contributed by atoms with Crippen molar-refractivity contribution < 1.29 is 9.53 Å². The van der Waals surface area contributed by atoms with Crippen molar-refractivity contribution in [2.75, 3.05) is 39.4 Å². The zero-order chi connectivity index (χ0) is 11.2. The maximum Gasteiger partial charge on any atom is 0.225 e. The van der Waals surface area contributed by atoms with Gasteiger partial charge in [0.05, 0.1) is 0 Å². The van der Waals surface area contributed by atoms with Crippen LogP contribution >= 0.6 is 0 Å². The molecule has 0 radical (unpaired) electrons. The van der Waals surface area contributed by atoms with Crippen LogP contribution in [-0.2, 0) is 9.53 Å². The van der Waals surface area contributed by atoms with Gasteiger partial charge in [-0.05, 0) is 38.8 Å². The lowest BCUT2D eigenvalue weighted by atomic mass is 9.98. The Morgan fingerprint density at radius 2 is 1.75 bits per heavy atom. The number of carbonyl (C=O) groups excluding carboxylic acids is 1. The maximum atomic E-state index is 12.3. The Hall–Kier alpha value is -0.610. The van der Waals surface area contributed by atoms with Gasteiger partial charge in [-0.2, -0.15) is 0 Å². The van der Waals surface area contributed by atoms with E-state index in [0.29, 0.717) is 5.91 Å². The highest BCUT2D eigenvalue weighted by atomic mass is 16.5. The van der Waals surface area contributed by atoms with Crippen molar-refractivity contribution in [2.45, 2.75) is 25.7 Å². The normalized spacial score (nSPS) is 24.9. The van der Waals surface area contributed by atoms with Crippen molar-refractivity contribution in [3.8, 4) is 0 Å². The fourth-order valence-corrected chi connectivity index (χ4v) is 2.45. The molecule has 2 rings (SSSR count). The molecule has 1 N–H and O–H groups in total. The van der Waals surface area contributed by atoms with Crippen molar-refractivity contribution >= 4 is 5.91 Å². The molecule has 2 heterocycles. The van der Waals surface area contributed by atoms with E-state index in [4.69, 9.17) is 4.74 Å². The van der Waals surface area contributed by atoms with Gasteiger partial charge in [-0.25, -0.2) is 0 Å². The smallest absolute Gasteiger partial charge is 0.225 e. The molecule has 0 spiro atoms. The van der Waals surface area contributed by atoms with Crippen molar-refractivity contribution in [1.29, 1.82) is 0 Å². The maximum absolute atomic E-state index is 12.3. The van der Waals surface area contributed by atoms with E-state index in [9.17, 15) is 4.79 Å². The third-order valence-electron chi connectivity index (χ3n) is 3.45. The molecule has 2 aliphatic rings. The minimum absolute atomic E-state index is 0.223. The molecule has 92 valence electrons. The first-order valence-corrected chi connectivity index (χ1v) is 6.45. The number of nitrogens with one attached hydrogen (secondary N) is 1. The Kier molecular flexibility index (Phi) is 4.60. The van der Waals surface area contributed by atoms with Crippen LogP contribution in [0.4, 0.5) is 0 Å². The van der Waals surface area contributed by atoms with E-state index >= 15 is 0 Å². The molecule has 16 heavy (non-hydrogen) atoms. The van der Waals surface area contributed by atoms with E-state index in [2.05, 4.69) is 10.2 Å². The van der Waals surface area contributed by atoms with E-state index in [-0.39, 0.29) is 5.92 Å². The lowest BCUT2D eigenvalue weighted by Gasteiger charge is -2.30. The van der Waals surface area contributed by atoms with E-state index in [1.54, 1.807) is 0 Å². The number of carbonyl (C=O) groups is 1. The summed E-state index contributed by atoms with van der Waals surface area (Å²) < 4.78 is 5.30. The lowest BCUT2D eigenvalue weighted by molar-refractivity contribution is -0.138. The number of nitrogens with zero attached hydrogens (tertiary/aromatic N) is 1. The minimum Gasteiger partial charge on any atom is -0.381 e. The van der Waals surface area contributed by atoms with Crippen LogP contribution in [0.15, 0.2) is 0 Å². The molecule has 0 aromatic heterocycles. The van der Waals surface area contributed by atoms with E-state index in [1.807, 2.05) is 0 Å². The lowest BCUT2D eigenvalue weighted by Crippen LogP contribution is -2.42. The molecule has 2 saturated heterocycles. The molecule has 2 aliphatic heterocycles. The highest BCUT2D eigenvalue weighted by Crippen LogP contribution is 2.18. The quantitative estimate of drug-likeness (QED) is 0.713. The van der Waals surface area contributed by atoms with Gasteiger partial charge < -0.3 is 15.0 Å². The average Bonchev–Trinajstić information content (AvgIpc) is 2.29. The largest absolute Gasteiger partial charge is 0.381 e. The van der Waals surface area contributed by atoms with Gasteiger partial charge in [-0.15, -0.1) is 0 Å². The number of rotatable bonds is 1. The Balaban J connectivity index is 1.85. The summed E-state index contributed by atoms with van der Waals surface area (Å²) in [6.07, 6.45) is 3.98. The van der Waals surface area contributed by atoms with Crippen LogP contribution in [0.3, 0.4) is 0 Å². The van der Waals surface area contributed by atoms with Crippen LogP contribution in [0.2, 0.25) is 0 Å². The molecule has 0 aromatic carbocycles. The van der Waals surface area contributed by atoms with Crippen molar-refractivity contribution in [3.05, 3.63) is 0 Å². The average molecular weight is 226 g/mol. The summed E-state index contributed by atoms with van der Waals surface area (Å²) in [5, 5.41) is 3.37. The van der Waals surface area contributed by atoms with Crippen LogP contribution in [0, 0.1) is 5.92 Å². The summed E-state index contributed by atoms with van der Waals surface area (Å²) in [7, 11) is 0. The van der Waals surface area contributed by atoms with Crippen LogP contribution in [0.25, 0.3) is 0 Å². The molecule has 0 atom stereocenters. The summed E-state index contributed by atoms with van der Waals surface area (Å²) in [5.74, 6) is 0.589. The summed E-state index contributed by atoms with van der Waals surface area (Å²) in [5.41, 5.74) is 0. The molecule has 1 amide bonds. The van der Waals surface area contributed by atoms with Crippen molar-refractivity contribution in [2.24, 2.45) is 5.92 Å². The van der Waals surface area contributed by atoms with Gasteiger partial charge in [0.2, 0.25) is 5.91 Å². The second-order valence-electron chi connectivity index (χ2n) is 4.67. The second kappa shape index (κ2) is 6.21. The second-order valence-corrected chi connectivity index (χ2v) is 4.67. The zero-order valence-corrected chi connectivity index (χ0v) is 9.91. The summed E-state index contributed by atoms with van der Waals surface area (Å²) in [6, 6.07) is 0. The standard InChI is InChI=1S/C12H22N2O2/c15-12(11-3-9-16-10-4-11)14-7-1-5-13-6-2-8-14/h11,13H,1-10H2. The molecule has 2 fully saturated rings. The van der Waals surface area contributed by atoms with Gasteiger partial charge in [-0.1, -0.05) is 0 Å². The Labute approximate surface area is 97.3 Å². The first-order valence-electron chi connectivity index (χ1n) is 6.45. The Morgan fingerprint density at radius 1 is 1.12 bits per heavy atom. The summed E-state index contributed by atoms with van der Waals surface area (Å²) in [6.45, 7) is 5.43. The Bertz CT molecular complexity index is 219. The number of amides is 1. The molecular formula is C12H22N2O2. The SMILES string of the molecule is O=C(C1CCOCC1)N1CCCNCCC1. The monoisotopic (exact) mass is 226 g/mol. The van der Waals surface area contributed by atoms with E-state index < -0.39 is 0 Å². The molecule has 0 aromatic rings. The van der Waals surface area contributed by atoms with Crippen LogP contribution in [0.1, 0.15) is 25.7 Å². The van der Waals surface area contributed by atoms with Crippen LogP contribution in [0.5, 0.6) is 0 Å². The van der Waals surface area contributed by atoms with Gasteiger partial charge in [-0.3, -0.25) is 4.79 Å². The van der Waals surface area contributed by atoms with E-state index in [1.165, 1.54) is 0 Å². The predicted octanol–water partition coefficient (Wildman–Crippen LogP) is 0.625. The Morgan fingerprint density at radius 3 is 2.38 bits per heavy atom. The number of hydrogen-bond donors (Lipinski definition) is 1. The first kappa shape index (κ1) is 11.9. The van der Waals surface area contributed by atoms with Gasteiger partial charge in [0.25, 0.3) is 0 Å². The number of ether oxygens (including phenoxy) is 1. The fraction of sp³-hybridized carbons (Fsp3) is 0.917. The van der Waals surface area contributed by atoms with Gasteiger partial charge in [0, 0.05) is 32.2 Å². The first-order chi connectivity index (χ1) is 7.88. The van der Waals surface area contributed by atoms with Gasteiger partial charge >= 0.3 is 0 Å². The highest BCUT2D eigenvalue weighted by molar-refractivity contribution is 5.78. The third kappa shape index (κ3) is 3.19. The predicted molar refractivity (Wildman–Crippen MR) is 62.2 cm³/mol. The minimum atomic E-state index is 0.223. The molecule has 4 nitrogen and oxygen atoms in total. The zero-order valence-electron chi connectivity index (χ0n) is 9.91. The summed E-state index contributed by atoms with van der Waals surface area (Å²) in [4.78, 5) is 14.3. The molecule has 4 heteroatoms. The summed E-state index contributed by atoms with van der Waals surface area (Å²) >= 11 is 0. The molecule has 0 unspecified atom stereocenters. The molecule has 0 saturated carbocycles. The third-order valence-corrected chi connectivity index (χ3v) is 3.45. The van der Waals surface area contributed by atoms with Gasteiger partial charge in [0.15, 0.2) is 0 Å². The van der Waals surface area contributed by atoms with Crippen LogP contribution in [-0.4, -0.2) is 50.2 Å². The van der Waals surface area contributed by atoms with Gasteiger partial charge in [0.1, 0.15) is 0 Å².